The van der Waals surface area contributed by atoms with Gasteiger partial charge in [0, 0.05) is 55.7 Å². The lowest BCUT2D eigenvalue weighted by atomic mass is 9.33. The first-order chi connectivity index (χ1) is 34.5. The van der Waals surface area contributed by atoms with Crippen molar-refractivity contribution in [2.75, 3.05) is 14.7 Å². The number of para-hydroxylation sites is 3. The molecule has 1 aliphatic carbocycles. The van der Waals surface area contributed by atoms with Crippen LogP contribution in [0, 0.1) is 13.8 Å². The lowest BCUT2D eigenvalue weighted by molar-refractivity contribution is 0.194. The molecule has 1 saturated carbocycles. The van der Waals surface area contributed by atoms with Gasteiger partial charge in [0.05, 0.1) is 22.3 Å². The van der Waals surface area contributed by atoms with Crippen molar-refractivity contribution in [2.45, 2.75) is 117 Å². The van der Waals surface area contributed by atoms with Gasteiger partial charge in [0.15, 0.2) is 5.58 Å². The molecule has 72 heavy (non-hydrogen) atoms. The molecule has 2 aromatic heterocycles. The minimum atomic E-state index is -0.177. The average Bonchev–Trinajstić information content (AvgIpc) is 3.99. The van der Waals surface area contributed by atoms with Crippen LogP contribution in [-0.4, -0.2) is 12.3 Å². The second kappa shape index (κ2) is 14.7. The monoisotopic (exact) mass is 939 g/mol. The SMILES string of the molecule is Cc1cc(C)c2c(c1)N(c1cc3c4c(c1)N(c1cccc5oc6ccccc6c15)c1ccc(C(C)(C)C)cc1B4c1cc(C(C)(C)C)ccc1N3c1cccc3c1oc1ccccc13)C1(C)CCCCC21C. The third kappa shape index (κ3) is 5.84. The van der Waals surface area contributed by atoms with Gasteiger partial charge in [-0.15, -0.1) is 0 Å². The molecule has 3 aliphatic heterocycles. The minimum Gasteiger partial charge on any atom is -0.456 e. The van der Waals surface area contributed by atoms with Gasteiger partial charge < -0.3 is 23.5 Å². The zero-order chi connectivity index (χ0) is 49.4. The normalized spacial score (nSPS) is 19.3. The number of furan rings is 2. The van der Waals surface area contributed by atoms with Crippen LogP contribution in [-0.2, 0) is 16.2 Å². The van der Waals surface area contributed by atoms with Gasteiger partial charge >= 0.3 is 0 Å². The molecule has 5 nitrogen and oxygen atoms in total. The highest BCUT2D eigenvalue weighted by atomic mass is 16.3. The first-order valence-electron chi connectivity index (χ1n) is 26.3. The molecule has 0 spiro atoms. The molecule has 1 fully saturated rings. The number of aryl methyl sites for hydroxylation is 2. The molecule has 0 bridgehead atoms. The zero-order valence-electron chi connectivity index (χ0n) is 43.4. The van der Waals surface area contributed by atoms with Gasteiger partial charge in [-0.25, -0.2) is 0 Å². The van der Waals surface area contributed by atoms with Gasteiger partial charge in [-0.3, -0.25) is 0 Å². The Labute approximate surface area is 424 Å². The predicted octanol–water partition coefficient (Wildman–Crippen LogP) is 16.5. The molecule has 356 valence electrons. The van der Waals surface area contributed by atoms with E-state index in [4.69, 9.17) is 8.83 Å². The maximum Gasteiger partial charge on any atom is 0.252 e. The molecule has 6 heteroatoms. The average molecular weight is 940 g/mol. The lowest BCUT2D eigenvalue weighted by Gasteiger charge is -2.51. The van der Waals surface area contributed by atoms with Crippen molar-refractivity contribution in [1.29, 1.82) is 0 Å². The molecule has 10 aromatic rings. The van der Waals surface area contributed by atoms with Crippen LogP contribution in [0.15, 0.2) is 154 Å². The maximum absolute atomic E-state index is 7.05. The molecule has 0 amide bonds. The Morgan fingerprint density at radius 1 is 0.500 bits per heavy atom. The van der Waals surface area contributed by atoms with Crippen molar-refractivity contribution in [3.8, 4) is 0 Å². The Balaban J connectivity index is 1.17. The molecular formula is C66H62BN3O2. The van der Waals surface area contributed by atoms with E-state index in [1.807, 2.05) is 0 Å². The Kier molecular flexibility index (Phi) is 8.91. The van der Waals surface area contributed by atoms with Crippen molar-refractivity contribution in [3.05, 3.63) is 173 Å². The standard InChI is InChI=1S/C66H62BN3O2/c1-39-33-40(2)60-53(34-39)70(66(10)32-16-15-31-65(60,66)9)43-37-54-61-55(38-43)69(52-23-17-21-45-44-19-11-13-24-56(44)72-62(45)52)50-30-28-42(64(6,7)8)36-48(50)67(61)47-35-41(63(3,4)5)27-29-49(47)68(54)51-22-18-26-58-59(51)46-20-12-14-25-57(46)71-58/h11-14,17-30,33-38H,15-16,31-32H2,1-10H3. The van der Waals surface area contributed by atoms with Gasteiger partial charge in [-0.05, 0) is 149 Å². The number of anilines is 8. The van der Waals surface area contributed by atoms with Crippen molar-refractivity contribution in [2.24, 2.45) is 0 Å². The summed E-state index contributed by atoms with van der Waals surface area (Å²) < 4.78 is 13.8. The molecule has 0 radical (unpaired) electrons. The van der Waals surface area contributed by atoms with E-state index >= 15 is 0 Å². The van der Waals surface area contributed by atoms with Crippen LogP contribution in [0.1, 0.15) is 109 Å². The van der Waals surface area contributed by atoms with Crippen LogP contribution in [0.3, 0.4) is 0 Å². The van der Waals surface area contributed by atoms with E-state index in [-0.39, 0.29) is 28.5 Å². The van der Waals surface area contributed by atoms with Crippen LogP contribution >= 0.6 is 0 Å². The summed E-state index contributed by atoms with van der Waals surface area (Å²) in [4.78, 5) is 8.00. The molecule has 5 heterocycles. The second-order valence-electron chi connectivity index (χ2n) is 24.2. The van der Waals surface area contributed by atoms with Crippen molar-refractivity contribution in [1.82, 2.24) is 0 Å². The van der Waals surface area contributed by atoms with Gasteiger partial charge in [0.1, 0.15) is 16.7 Å². The van der Waals surface area contributed by atoms with E-state index in [9.17, 15) is 0 Å². The summed E-state index contributed by atoms with van der Waals surface area (Å²) in [5, 5.41) is 4.48. The van der Waals surface area contributed by atoms with Gasteiger partial charge in [0.25, 0.3) is 6.71 Å². The van der Waals surface area contributed by atoms with E-state index in [0.29, 0.717) is 0 Å². The summed E-state index contributed by atoms with van der Waals surface area (Å²) in [5.74, 6) is 0. The molecule has 14 rings (SSSR count). The van der Waals surface area contributed by atoms with Crippen LogP contribution in [0.5, 0.6) is 0 Å². The first-order valence-corrected chi connectivity index (χ1v) is 26.3. The fourth-order valence-corrected chi connectivity index (χ4v) is 14.2. The largest absolute Gasteiger partial charge is 0.456 e. The van der Waals surface area contributed by atoms with Crippen LogP contribution in [0.4, 0.5) is 45.5 Å². The fraction of sp³-hybridized carbons (Fsp3) is 0.273. The number of hydrogen-bond donors (Lipinski definition) is 0. The number of nitrogens with zero attached hydrogens (tertiary/aromatic N) is 3. The molecule has 2 atom stereocenters. The molecule has 0 N–H and O–H groups in total. The topological polar surface area (TPSA) is 36.0 Å². The summed E-state index contributed by atoms with van der Waals surface area (Å²) in [6.07, 6.45) is 4.69. The molecule has 2 unspecified atom stereocenters. The first kappa shape index (κ1) is 43.6. The van der Waals surface area contributed by atoms with Crippen molar-refractivity contribution >= 4 is 112 Å². The highest BCUT2D eigenvalue weighted by Gasteiger charge is 2.59. The smallest absolute Gasteiger partial charge is 0.252 e. The molecule has 0 saturated heterocycles. The third-order valence-electron chi connectivity index (χ3n) is 17.8. The zero-order valence-corrected chi connectivity index (χ0v) is 43.4. The van der Waals surface area contributed by atoms with E-state index in [2.05, 4.69) is 230 Å². The number of fused-ring (bicyclic) bond motifs is 13. The van der Waals surface area contributed by atoms with Gasteiger partial charge in [-0.1, -0.05) is 146 Å². The maximum atomic E-state index is 7.05. The van der Waals surface area contributed by atoms with Gasteiger partial charge in [0.2, 0.25) is 0 Å². The Hall–Kier alpha value is -7.18. The van der Waals surface area contributed by atoms with Crippen LogP contribution in [0.2, 0.25) is 0 Å². The van der Waals surface area contributed by atoms with E-state index < -0.39 is 0 Å². The molecule has 4 aliphatic rings. The number of hydrogen-bond acceptors (Lipinski definition) is 5. The van der Waals surface area contributed by atoms with Crippen LogP contribution in [0.25, 0.3) is 43.9 Å². The second-order valence-corrected chi connectivity index (χ2v) is 24.2. The van der Waals surface area contributed by atoms with E-state index in [1.54, 1.807) is 0 Å². The highest BCUT2D eigenvalue weighted by molar-refractivity contribution is 7.00. The summed E-state index contributed by atoms with van der Waals surface area (Å²) in [6, 6.07) is 55.2. The Morgan fingerprint density at radius 3 is 1.75 bits per heavy atom. The summed E-state index contributed by atoms with van der Waals surface area (Å²) >= 11 is 0. The minimum absolute atomic E-state index is 0.0412. The molecule has 8 aromatic carbocycles. The summed E-state index contributed by atoms with van der Waals surface area (Å²) in [6.45, 7) is 23.8. The van der Waals surface area contributed by atoms with Crippen molar-refractivity contribution < 1.29 is 8.83 Å². The number of rotatable bonds is 3. The number of benzene rings is 8. The Morgan fingerprint density at radius 2 is 1.07 bits per heavy atom. The Bertz CT molecular complexity index is 3960. The van der Waals surface area contributed by atoms with Crippen molar-refractivity contribution in [3.63, 3.8) is 0 Å². The quantitative estimate of drug-likeness (QED) is 0.165. The van der Waals surface area contributed by atoms with E-state index in [0.717, 1.165) is 68.1 Å². The van der Waals surface area contributed by atoms with E-state index in [1.165, 1.54) is 91.2 Å². The van der Waals surface area contributed by atoms with Gasteiger partial charge in [-0.2, -0.15) is 0 Å². The summed E-state index contributed by atoms with van der Waals surface area (Å²) in [7, 11) is 0. The van der Waals surface area contributed by atoms with Crippen LogP contribution < -0.4 is 31.1 Å². The lowest BCUT2D eigenvalue weighted by Crippen LogP contribution is -2.62. The fourth-order valence-electron chi connectivity index (χ4n) is 14.2. The molecular weight excluding hydrogens is 878 g/mol. The predicted molar refractivity (Wildman–Crippen MR) is 305 cm³/mol. The third-order valence-corrected chi connectivity index (χ3v) is 17.8. The summed E-state index contributed by atoms with van der Waals surface area (Å²) in [5.41, 5.74) is 23.4. The highest BCUT2D eigenvalue weighted by Crippen LogP contribution is 2.63.